The fraction of sp³-hybridized carbons (Fsp3) is 0.688. The predicted octanol–water partition coefficient (Wildman–Crippen LogP) is 3.60. The molecule has 0 fully saturated rings. The van der Waals surface area contributed by atoms with Crippen molar-refractivity contribution in [2.24, 2.45) is 0 Å². The zero-order chi connectivity index (χ0) is 16.4. The molecule has 0 aliphatic carbocycles. The van der Waals surface area contributed by atoms with Crippen molar-refractivity contribution < 1.29 is 9.59 Å². The first kappa shape index (κ1) is 18.6. The third kappa shape index (κ3) is 7.02. The number of hydrogen-bond acceptors (Lipinski definition) is 4. The Balaban J connectivity index is 2.53. The number of hydrogen-bond donors (Lipinski definition) is 1. The molecule has 0 aliphatic rings. The second-order valence-electron chi connectivity index (χ2n) is 5.47. The van der Waals surface area contributed by atoms with E-state index in [4.69, 9.17) is 0 Å². The number of rotatable bonds is 10. The van der Waals surface area contributed by atoms with E-state index in [0.29, 0.717) is 18.1 Å². The summed E-state index contributed by atoms with van der Waals surface area (Å²) in [5.74, 6) is -0.0980. The van der Waals surface area contributed by atoms with Crippen LogP contribution in [0, 0.1) is 6.92 Å². The van der Waals surface area contributed by atoms with Gasteiger partial charge >= 0.3 is 0 Å². The molecule has 0 saturated carbocycles. The highest BCUT2D eigenvalue weighted by atomic mass is 32.1. The molecule has 0 saturated heterocycles. The van der Waals surface area contributed by atoms with Crippen molar-refractivity contribution in [2.75, 3.05) is 18.4 Å². The number of carbonyl (C=O) groups excluding carboxylic acids is 2. The van der Waals surface area contributed by atoms with Gasteiger partial charge in [-0.1, -0.05) is 33.1 Å². The van der Waals surface area contributed by atoms with Crippen LogP contribution in [0.3, 0.4) is 0 Å². The van der Waals surface area contributed by atoms with Crippen LogP contribution in [0.1, 0.15) is 58.1 Å². The van der Waals surface area contributed by atoms with Crippen LogP contribution in [-0.4, -0.2) is 34.8 Å². The van der Waals surface area contributed by atoms with E-state index in [2.05, 4.69) is 24.1 Å². The lowest BCUT2D eigenvalue weighted by molar-refractivity contribution is -0.134. The number of amides is 2. The first-order valence-corrected chi connectivity index (χ1v) is 8.94. The smallest absolute Gasteiger partial charge is 0.245 e. The fourth-order valence-corrected chi connectivity index (χ4v) is 2.78. The van der Waals surface area contributed by atoms with E-state index in [9.17, 15) is 9.59 Å². The zero-order valence-electron chi connectivity index (χ0n) is 13.9. The lowest BCUT2D eigenvalue weighted by Crippen LogP contribution is -2.38. The molecule has 0 aliphatic heterocycles. The second kappa shape index (κ2) is 10.3. The summed E-state index contributed by atoms with van der Waals surface area (Å²) >= 11 is 1.40. The highest BCUT2D eigenvalue weighted by Crippen LogP contribution is 2.14. The van der Waals surface area contributed by atoms with E-state index in [1.54, 1.807) is 4.90 Å². The van der Waals surface area contributed by atoms with E-state index in [1.165, 1.54) is 11.3 Å². The van der Waals surface area contributed by atoms with Gasteiger partial charge in [-0.3, -0.25) is 9.59 Å². The Labute approximate surface area is 137 Å². The second-order valence-corrected chi connectivity index (χ2v) is 6.33. The largest absolute Gasteiger partial charge is 0.333 e. The van der Waals surface area contributed by atoms with E-state index in [1.807, 2.05) is 12.3 Å². The predicted molar refractivity (Wildman–Crippen MR) is 91.1 cm³/mol. The summed E-state index contributed by atoms with van der Waals surface area (Å²) in [6.45, 7) is 6.84. The summed E-state index contributed by atoms with van der Waals surface area (Å²) in [4.78, 5) is 30.2. The number of anilines is 1. The van der Waals surface area contributed by atoms with E-state index in [0.717, 1.165) is 37.8 Å². The molecule has 6 heteroatoms. The molecule has 1 aromatic heterocycles. The van der Waals surface area contributed by atoms with Gasteiger partial charge in [-0.25, -0.2) is 4.98 Å². The Morgan fingerprint density at radius 2 is 1.95 bits per heavy atom. The van der Waals surface area contributed by atoms with Gasteiger partial charge in [0.25, 0.3) is 0 Å². The average molecular weight is 325 g/mol. The van der Waals surface area contributed by atoms with Gasteiger partial charge in [0, 0.05) is 18.3 Å². The molecule has 0 aromatic carbocycles. The van der Waals surface area contributed by atoms with Crippen molar-refractivity contribution in [1.29, 1.82) is 0 Å². The molecular formula is C16H27N3O2S. The molecule has 0 radical (unpaired) electrons. The van der Waals surface area contributed by atoms with Gasteiger partial charge in [0.2, 0.25) is 11.8 Å². The SMILES string of the molecule is CCCCCN(CC(=O)Nc1nc(C)cs1)C(=O)CCCC. The van der Waals surface area contributed by atoms with Crippen LogP contribution in [0.4, 0.5) is 5.13 Å². The van der Waals surface area contributed by atoms with Gasteiger partial charge in [0.1, 0.15) is 0 Å². The van der Waals surface area contributed by atoms with Crippen LogP contribution in [0.25, 0.3) is 0 Å². The standard InChI is InChI=1S/C16H27N3O2S/c1-4-6-8-10-19(15(21)9-7-5-2)11-14(20)18-16-17-13(3)12-22-16/h12H,4-11H2,1-3H3,(H,17,18,20). The summed E-state index contributed by atoms with van der Waals surface area (Å²) in [5, 5.41) is 5.25. The molecule has 0 bridgehead atoms. The van der Waals surface area contributed by atoms with Crippen molar-refractivity contribution in [1.82, 2.24) is 9.88 Å². The van der Waals surface area contributed by atoms with Gasteiger partial charge in [-0.05, 0) is 19.8 Å². The average Bonchev–Trinajstić information content (AvgIpc) is 2.88. The lowest BCUT2D eigenvalue weighted by Gasteiger charge is -2.22. The first-order valence-electron chi connectivity index (χ1n) is 8.06. The van der Waals surface area contributed by atoms with Crippen LogP contribution in [0.5, 0.6) is 0 Å². The van der Waals surface area contributed by atoms with Crippen molar-refractivity contribution >= 4 is 28.3 Å². The summed E-state index contributed by atoms with van der Waals surface area (Å²) in [7, 11) is 0. The Bertz CT molecular complexity index is 474. The third-order valence-electron chi connectivity index (χ3n) is 3.33. The Morgan fingerprint density at radius 1 is 1.23 bits per heavy atom. The monoisotopic (exact) mass is 325 g/mol. The minimum atomic E-state index is -0.171. The molecule has 1 heterocycles. The van der Waals surface area contributed by atoms with E-state index < -0.39 is 0 Å². The zero-order valence-corrected chi connectivity index (χ0v) is 14.7. The van der Waals surface area contributed by atoms with Crippen LogP contribution in [-0.2, 0) is 9.59 Å². The maximum absolute atomic E-state index is 12.2. The highest BCUT2D eigenvalue weighted by molar-refractivity contribution is 7.13. The number of carbonyl (C=O) groups is 2. The van der Waals surface area contributed by atoms with Gasteiger partial charge < -0.3 is 10.2 Å². The number of aryl methyl sites for hydroxylation is 1. The van der Waals surface area contributed by atoms with Gasteiger partial charge in [-0.15, -0.1) is 11.3 Å². The van der Waals surface area contributed by atoms with Gasteiger partial charge in [-0.2, -0.15) is 0 Å². The van der Waals surface area contributed by atoms with Crippen LogP contribution < -0.4 is 5.32 Å². The van der Waals surface area contributed by atoms with Gasteiger partial charge in [0.15, 0.2) is 5.13 Å². The summed E-state index contributed by atoms with van der Waals surface area (Å²) in [5.41, 5.74) is 0.888. The molecule has 0 atom stereocenters. The van der Waals surface area contributed by atoms with E-state index >= 15 is 0 Å². The Kier molecular flexibility index (Phi) is 8.74. The van der Waals surface area contributed by atoms with Crippen LogP contribution >= 0.6 is 11.3 Å². The van der Waals surface area contributed by atoms with Crippen molar-refractivity contribution in [3.05, 3.63) is 11.1 Å². The van der Waals surface area contributed by atoms with Crippen LogP contribution in [0.2, 0.25) is 0 Å². The topological polar surface area (TPSA) is 62.3 Å². The fourth-order valence-electron chi connectivity index (χ4n) is 2.07. The molecule has 1 N–H and O–H groups in total. The molecule has 5 nitrogen and oxygen atoms in total. The molecule has 22 heavy (non-hydrogen) atoms. The summed E-state index contributed by atoms with van der Waals surface area (Å²) in [6, 6.07) is 0. The molecule has 1 rings (SSSR count). The van der Waals surface area contributed by atoms with Crippen molar-refractivity contribution in [2.45, 2.75) is 59.3 Å². The van der Waals surface area contributed by atoms with Crippen molar-refractivity contribution in [3.63, 3.8) is 0 Å². The Hall–Kier alpha value is -1.43. The Morgan fingerprint density at radius 3 is 2.55 bits per heavy atom. The summed E-state index contributed by atoms with van der Waals surface area (Å²) < 4.78 is 0. The number of unbranched alkanes of at least 4 members (excludes halogenated alkanes) is 3. The minimum Gasteiger partial charge on any atom is -0.333 e. The minimum absolute atomic E-state index is 0.0726. The molecule has 0 unspecified atom stereocenters. The van der Waals surface area contributed by atoms with E-state index in [-0.39, 0.29) is 18.4 Å². The highest BCUT2D eigenvalue weighted by Gasteiger charge is 2.17. The third-order valence-corrected chi connectivity index (χ3v) is 4.20. The quantitative estimate of drug-likeness (QED) is 0.669. The lowest BCUT2D eigenvalue weighted by atomic mass is 10.2. The first-order chi connectivity index (χ1) is 10.6. The maximum atomic E-state index is 12.2. The molecule has 0 spiro atoms. The molecule has 2 amide bonds. The number of nitrogens with one attached hydrogen (secondary N) is 1. The summed E-state index contributed by atoms with van der Waals surface area (Å²) in [6.07, 6.45) is 5.49. The number of aromatic nitrogens is 1. The van der Waals surface area contributed by atoms with Gasteiger partial charge in [0.05, 0.1) is 12.2 Å². The normalized spacial score (nSPS) is 10.5. The molecule has 124 valence electrons. The number of nitrogens with zero attached hydrogens (tertiary/aromatic N) is 2. The number of thiazole rings is 1. The molecular weight excluding hydrogens is 298 g/mol. The maximum Gasteiger partial charge on any atom is 0.245 e. The van der Waals surface area contributed by atoms with Crippen LogP contribution in [0.15, 0.2) is 5.38 Å². The molecule has 1 aromatic rings. The van der Waals surface area contributed by atoms with Crippen molar-refractivity contribution in [3.8, 4) is 0 Å².